The first kappa shape index (κ1) is 20.6. The predicted molar refractivity (Wildman–Crippen MR) is 106 cm³/mol. The minimum absolute atomic E-state index is 0.0324. The topological polar surface area (TPSA) is 79.7 Å². The minimum atomic E-state index is -0.450. The summed E-state index contributed by atoms with van der Waals surface area (Å²) in [5.41, 5.74) is 1.73. The van der Waals surface area contributed by atoms with Crippen molar-refractivity contribution in [1.82, 2.24) is 0 Å². The van der Waals surface area contributed by atoms with Gasteiger partial charge in [0.25, 0.3) is 11.8 Å². The Labute approximate surface area is 163 Å². The van der Waals surface area contributed by atoms with Gasteiger partial charge in [0.1, 0.15) is 0 Å². The average molecular weight is 389 g/mol. The molecule has 2 aromatic rings. The second-order valence-corrected chi connectivity index (χ2v) is 6.80. The van der Waals surface area contributed by atoms with Gasteiger partial charge in [0, 0.05) is 11.3 Å². The van der Waals surface area contributed by atoms with Gasteiger partial charge >= 0.3 is 0 Å². The Morgan fingerprint density at radius 1 is 1.04 bits per heavy atom. The van der Waals surface area contributed by atoms with Gasteiger partial charge in [0.05, 0.1) is 17.8 Å². The van der Waals surface area contributed by atoms with Crippen molar-refractivity contribution in [2.75, 3.05) is 24.2 Å². The molecule has 7 heteroatoms. The van der Waals surface area contributed by atoms with Gasteiger partial charge in [-0.1, -0.05) is 23.7 Å². The lowest BCUT2D eigenvalue weighted by molar-refractivity contribution is -0.885. The number of anilines is 2. The lowest BCUT2D eigenvalue weighted by Crippen LogP contribution is -3.14. The minimum Gasteiger partial charge on any atom is -0.321 e. The number of quaternary nitrogens is 1. The van der Waals surface area contributed by atoms with Crippen LogP contribution in [0.5, 0.6) is 0 Å². The van der Waals surface area contributed by atoms with E-state index in [-0.39, 0.29) is 24.1 Å². The second-order valence-electron chi connectivity index (χ2n) is 6.40. The number of ketones is 1. The van der Waals surface area contributed by atoms with Crippen LogP contribution in [-0.4, -0.2) is 37.2 Å². The zero-order valence-corrected chi connectivity index (χ0v) is 16.3. The van der Waals surface area contributed by atoms with Gasteiger partial charge in [0.2, 0.25) is 0 Å². The molecule has 0 heterocycles. The van der Waals surface area contributed by atoms with Crippen LogP contribution in [0.4, 0.5) is 11.4 Å². The number of amides is 2. The Morgan fingerprint density at radius 2 is 1.67 bits per heavy atom. The van der Waals surface area contributed by atoms with Crippen LogP contribution >= 0.6 is 11.6 Å². The number of likely N-dealkylation sites (N-methyl/N-ethyl adjacent to an activating group) is 1. The molecule has 0 aromatic heterocycles. The molecule has 3 N–H and O–H groups in total. The molecule has 2 aromatic carbocycles. The molecule has 0 aliphatic rings. The highest BCUT2D eigenvalue weighted by Gasteiger charge is 2.24. The maximum Gasteiger partial charge on any atom is 0.282 e. The van der Waals surface area contributed by atoms with Crippen LogP contribution in [0.2, 0.25) is 5.02 Å². The third kappa shape index (κ3) is 5.91. The Morgan fingerprint density at radius 3 is 2.26 bits per heavy atom. The van der Waals surface area contributed by atoms with Gasteiger partial charge in [-0.05, 0) is 50.2 Å². The van der Waals surface area contributed by atoms with Crippen molar-refractivity contribution in [2.45, 2.75) is 19.9 Å². The van der Waals surface area contributed by atoms with Gasteiger partial charge in [-0.15, -0.1) is 0 Å². The molecular weight excluding hydrogens is 366 g/mol. The van der Waals surface area contributed by atoms with Gasteiger partial charge in [-0.25, -0.2) is 0 Å². The Kier molecular flexibility index (Phi) is 7.10. The molecule has 0 saturated heterocycles. The fourth-order valence-electron chi connectivity index (χ4n) is 2.43. The number of Topliss-reactive ketones (excluding diaryl/α,β-unsaturated/α-hetero) is 1. The largest absolute Gasteiger partial charge is 0.321 e. The van der Waals surface area contributed by atoms with Crippen LogP contribution in [0.25, 0.3) is 0 Å². The first-order valence-electron chi connectivity index (χ1n) is 8.56. The number of hydrogen-bond donors (Lipinski definition) is 3. The Bertz CT molecular complexity index is 837. The first-order chi connectivity index (χ1) is 12.8. The Balaban J connectivity index is 1.90. The number of rotatable bonds is 7. The standard InChI is InChI=1S/C20H22ClN3O3/c1-13(20(27)22-16-10-8-15(9-11-16)14(2)25)24(3)12-19(26)23-18-7-5-4-6-17(18)21/h4-11,13H,12H2,1-3H3,(H,22,27)(H,23,26)/p+1/t13-/m1/s1. The molecule has 0 radical (unpaired) electrons. The van der Waals surface area contributed by atoms with Crippen molar-refractivity contribution in [1.29, 1.82) is 0 Å². The van der Waals surface area contributed by atoms with E-state index in [9.17, 15) is 14.4 Å². The van der Waals surface area contributed by atoms with Crippen molar-refractivity contribution in [3.8, 4) is 0 Å². The molecule has 6 nitrogen and oxygen atoms in total. The zero-order valence-electron chi connectivity index (χ0n) is 15.5. The maximum atomic E-state index is 12.4. The van der Waals surface area contributed by atoms with E-state index in [0.29, 0.717) is 22.0 Å². The third-order valence-electron chi connectivity index (χ3n) is 4.28. The van der Waals surface area contributed by atoms with Crippen LogP contribution in [0.1, 0.15) is 24.2 Å². The van der Waals surface area contributed by atoms with Gasteiger partial charge in [0.15, 0.2) is 18.4 Å². The molecule has 1 unspecified atom stereocenters. The van der Waals surface area contributed by atoms with Gasteiger partial charge < -0.3 is 15.5 Å². The highest BCUT2D eigenvalue weighted by molar-refractivity contribution is 6.33. The third-order valence-corrected chi connectivity index (χ3v) is 4.61. The van der Waals surface area contributed by atoms with Crippen LogP contribution in [0.3, 0.4) is 0 Å². The molecule has 142 valence electrons. The number of carbonyl (C=O) groups excluding carboxylic acids is 3. The van der Waals surface area contributed by atoms with Crippen molar-refractivity contribution in [3.05, 3.63) is 59.1 Å². The van der Waals surface area contributed by atoms with Crippen molar-refractivity contribution < 1.29 is 19.3 Å². The van der Waals surface area contributed by atoms with Crippen LogP contribution in [-0.2, 0) is 9.59 Å². The molecule has 2 amide bonds. The number of carbonyl (C=O) groups is 3. The van der Waals surface area contributed by atoms with E-state index in [1.165, 1.54) is 6.92 Å². The van der Waals surface area contributed by atoms with E-state index in [0.717, 1.165) is 4.90 Å². The molecule has 27 heavy (non-hydrogen) atoms. The average Bonchev–Trinajstić information content (AvgIpc) is 2.63. The molecule has 2 rings (SSSR count). The van der Waals surface area contributed by atoms with E-state index < -0.39 is 6.04 Å². The van der Waals surface area contributed by atoms with E-state index in [2.05, 4.69) is 10.6 Å². The zero-order chi connectivity index (χ0) is 20.0. The summed E-state index contributed by atoms with van der Waals surface area (Å²) in [6.45, 7) is 3.35. The van der Waals surface area contributed by atoms with E-state index in [1.54, 1.807) is 62.5 Å². The number of hydrogen-bond acceptors (Lipinski definition) is 3. The SMILES string of the molecule is CC(=O)c1ccc(NC(=O)[C@@H](C)[NH+](C)CC(=O)Nc2ccccc2Cl)cc1. The highest BCUT2D eigenvalue weighted by atomic mass is 35.5. The summed E-state index contributed by atoms with van der Waals surface area (Å²) in [6.07, 6.45) is 0. The lowest BCUT2D eigenvalue weighted by atomic mass is 10.1. The fraction of sp³-hybridized carbons (Fsp3) is 0.250. The molecule has 0 spiro atoms. The normalized spacial score (nSPS) is 12.7. The van der Waals surface area contributed by atoms with E-state index in [4.69, 9.17) is 11.6 Å². The molecule has 0 aliphatic carbocycles. The summed E-state index contributed by atoms with van der Waals surface area (Å²) in [7, 11) is 1.77. The van der Waals surface area contributed by atoms with E-state index in [1.807, 2.05) is 0 Å². The highest BCUT2D eigenvalue weighted by Crippen LogP contribution is 2.19. The second kappa shape index (κ2) is 9.30. The number of para-hydroxylation sites is 1. The number of benzene rings is 2. The summed E-state index contributed by atoms with van der Waals surface area (Å²) in [4.78, 5) is 36.7. The number of nitrogens with one attached hydrogen (secondary N) is 3. The molecular formula is C20H23ClN3O3+. The first-order valence-corrected chi connectivity index (χ1v) is 8.94. The quantitative estimate of drug-likeness (QED) is 0.635. The van der Waals surface area contributed by atoms with Crippen molar-refractivity contribution >= 4 is 40.6 Å². The van der Waals surface area contributed by atoms with Crippen LogP contribution < -0.4 is 15.5 Å². The lowest BCUT2D eigenvalue weighted by Gasteiger charge is -2.20. The van der Waals surface area contributed by atoms with Crippen molar-refractivity contribution in [3.63, 3.8) is 0 Å². The Hall–Kier alpha value is -2.70. The summed E-state index contributed by atoms with van der Waals surface area (Å²) in [6, 6.07) is 13.2. The summed E-state index contributed by atoms with van der Waals surface area (Å²) < 4.78 is 0. The number of halogens is 1. The van der Waals surface area contributed by atoms with Crippen LogP contribution in [0, 0.1) is 0 Å². The van der Waals surface area contributed by atoms with Crippen molar-refractivity contribution in [2.24, 2.45) is 0 Å². The molecule has 0 saturated carbocycles. The van der Waals surface area contributed by atoms with Gasteiger partial charge in [-0.3, -0.25) is 14.4 Å². The monoisotopic (exact) mass is 388 g/mol. The molecule has 0 bridgehead atoms. The summed E-state index contributed by atoms with van der Waals surface area (Å²) in [5, 5.41) is 6.00. The molecule has 0 aliphatic heterocycles. The smallest absolute Gasteiger partial charge is 0.282 e. The molecule has 0 fully saturated rings. The predicted octanol–water partition coefficient (Wildman–Crippen LogP) is 2.02. The summed E-state index contributed by atoms with van der Waals surface area (Å²) >= 11 is 6.03. The summed E-state index contributed by atoms with van der Waals surface area (Å²) in [5.74, 6) is -0.477. The fourth-order valence-corrected chi connectivity index (χ4v) is 2.61. The van der Waals surface area contributed by atoms with Gasteiger partial charge in [-0.2, -0.15) is 0 Å². The van der Waals surface area contributed by atoms with E-state index >= 15 is 0 Å². The molecule has 2 atom stereocenters. The van der Waals surface area contributed by atoms with Crippen LogP contribution in [0.15, 0.2) is 48.5 Å². The maximum absolute atomic E-state index is 12.4.